The van der Waals surface area contributed by atoms with Crippen LogP contribution in [0.3, 0.4) is 0 Å². The van der Waals surface area contributed by atoms with Crippen LogP contribution in [0.15, 0.2) is 46.9 Å². The first kappa shape index (κ1) is 14.9. The number of hydrogen-bond donors (Lipinski definition) is 1. The molecule has 20 heavy (non-hydrogen) atoms. The molecule has 0 aliphatic heterocycles. The Labute approximate surface area is 132 Å². The highest BCUT2D eigenvalue weighted by Gasteiger charge is 2.12. The van der Waals surface area contributed by atoms with Crippen molar-refractivity contribution < 1.29 is 0 Å². The van der Waals surface area contributed by atoms with Gasteiger partial charge in [0, 0.05) is 9.50 Å². The number of hydrogen-bond acceptors (Lipinski definition) is 2. The molecule has 0 saturated heterocycles. The number of rotatable bonds is 4. The van der Waals surface area contributed by atoms with Crippen molar-refractivity contribution in [2.45, 2.75) is 19.4 Å². The van der Waals surface area contributed by atoms with Gasteiger partial charge >= 0.3 is 0 Å². The summed E-state index contributed by atoms with van der Waals surface area (Å²) >= 11 is 9.48. The summed E-state index contributed by atoms with van der Waals surface area (Å²) in [4.78, 5) is 0. The van der Waals surface area contributed by atoms with Crippen molar-refractivity contribution in [1.82, 2.24) is 0 Å². The second-order valence-corrected chi connectivity index (χ2v) is 5.81. The van der Waals surface area contributed by atoms with Crippen molar-refractivity contribution in [3.63, 3.8) is 0 Å². The van der Waals surface area contributed by atoms with Gasteiger partial charge < -0.3 is 5.32 Å². The van der Waals surface area contributed by atoms with Gasteiger partial charge in [-0.05, 0) is 42.3 Å². The van der Waals surface area contributed by atoms with E-state index < -0.39 is 0 Å². The molecule has 2 aromatic carbocycles. The summed E-state index contributed by atoms with van der Waals surface area (Å²) in [7, 11) is 0. The third-order valence-electron chi connectivity index (χ3n) is 3.09. The molecular formula is C16H14BrClN2. The molecule has 0 radical (unpaired) electrons. The molecule has 4 heteroatoms. The minimum absolute atomic E-state index is 0.120. The van der Waals surface area contributed by atoms with Crippen LogP contribution in [0.25, 0.3) is 0 Å². The summed E-state index contributed by atoms with van der Waals surface area (Å²) in [5.41, 5.74) is 2.58. The lowest BCUT2D eigenvalue weighted by molar-refractivity contribution is 0.749. The van der Waals surface area contributed by atoms with Gasteiger partial charge in [-0.15, -0.1) is 0 Å². The van der Waals surface area contributed by atoms with Gasteiger partial charge in [-0.25, -0.2) is 0 Å². The topological polar surface area (TPSA) is 35.8 Å². The number of nitrogens with one attached hydrogen (secondary N) is 1. The quantitative estimate of drug-likeness (QED) is 0.787. The van der Waals surface area contributed by atoms with Gasteiger partial charge in [0.05, 0.1) is 17.3 Å². The Bertz CT molecular complexity index is 649. The van der Waals surface area contributed by atoms with E-state index in [1.165, 1.54) is 0 Å². The third-order valence-corrected chi connectivity index (χ3v) is 3.82. The average molecular weight is 350 g/mol. The molecule has 1 atom stereocenters. The van der Waals surface area contributed by atoms with E-state index in [4.69, 9.17) is 11.6 Å². The van der Waals surface area contributed by atoms with E-state index in [1.54, 1.807) is 6.07 Å². The normalized spacial score (nSPS) is 11.7. The molecule has 2 rings (SSSR count). The van der Waals surface area contributed by atoms with Crippen LogP contribution >= 0.6 is 27.5 Å². The SMILES string of the molecule is CCC(Nc1cc(Br)ccc1C#N)c1cccc(Cl)c1. The fraction of sp³-hybridized carbons (Fsp3) is 0.188. The van der Waals surface area contributed by atoms with Gasteiger partial charge in [0.2, 0.25) is 0 Å². The summed E-state index contributed by atoms with van der Waals surface area (Å²) in [5, 5.41) is 13.3. The largest absolute Gasteiger partial charge is 0.377 e. The van der Waals surface area contributed by atoms with Crippen LogP contribution in [0.4, 0.5) is 5.69 Å². The number of nitriles is 1. The molecule has 0 aliphatic carbocycles. The second kappa shape index (κ2) is 6.78. The molecule has 102 valence electrons. The van der Waals surface area contributed by atoms with Crippen molar-refractivity contribution in [3.8, 4) is 6.07 Å². The van der Waals surface area contributed by atoms with Gasteiger partial charge in [-0.2, -0.15) is 5.26 Å². The van der Waals surface area contributed by atoms with Crippen molar-refractivity contribution in [1.29, 1.82) is 5.26 Å². The molecule has 0 aromatic heterocycles. The van der Waals surface area contributed by atoms with Gasteiger partial charge in [0.15, 0.2) is 0 Å². The van der Waals surface area contributed by atoms with Crippen LogP contribution in [0.2, 0.25) is 5.02 Å². The zero-order valence-electron chi connectivity index (χ0n) is 11.0. The summed E-state index contributed by atoms with van der Waals surface area (Å²) in [6.45, 7) is 2.10. The van der Waals surface area contributed by atoms with E-state index in [0.717, 1.165) is 27.2 Å². The van der Waals surface area contributed by atoms with Crippen molar-refractivity contribution in [2.24, 2.45) is 0 Å². The van der Waals surface area contributed by atoms with Crippen molar-refractivity contribution in [3.05, 3.63) is 63.1 Å². The Morgan fingerprint density at radius 1 is 1.30 bits per heavy atom. The minimum atomic E-state index is 0.120. The van der Waals surface area contributed by atoms with E-state index >= 15 is 0 Å². The molecule has 0 saturated carbocycles. The first-order valence-electron chi connectivity index (χ1n) is 6.35. The Kier molecular flexibility index (Phi) is 5.05. The van der Waals surface area contributed by atoms with Crippen LogP contribution in [-0.4, -0.2) is 0 Å². The summed E-state index contributed by atoms with van der Waals surface area (Å²) in [5.74, 6) is 0. The molecule has 2 nitrogen and oxygen atoms in total. The van der Waals surface area contributed by atoms with E-state index in [9.17, 15) is 5.26 Å². The maximum atomic E-state index is 9.18. The second-order valence-electron chi connectivity index (χ2n) is 4.46. The Morgan fingerprint density at radius 3 is 2.75 bits per heavy atom. The molecule has 0 fully saturated rings. The minimum Gasteiger partial charge on any atom is -0.377 e. The molecule has 2 aromatic rings. The first-order valence-corrected chi connectivity index (χ1v) is 7.52. The Morgan fingerprint density at radius 2 is 2.10 bits per heavy atom. The maximum absolute atomic E-state index is 9.18. The van der Waals surface area contributed by atoms with Gasteiger partial charge in [0.1, 0.15) is 6.07 Å². The lowest BCUT2D eigenvalue weighted by Crippen LogP contribution is -2.10. The van der Waals surface area contributed by atoms with E-state index in [0.29, 0.717) is 5.56 Å². The standard InChI is InChI=1S/C16H14BrClN2/c1-2-15(11-4-3-5-14(18)8-11)20-16-9-13(17)7-6-12(16)10-19/h3-9,15,20H,2H2,1H3. The lowest BCUT2D eigenvalue weighted by Gasteiger charge is -2.20. The smallest absolute Gasteiger partial charge is 0.101 e. The van der Waals surface area contributed by atoms with Gasteiger partial charge in [-0.3, -0.25) is 0 Å². The van der Waals surface area contributed by atoms with E-state index in [-0.39, 0.29) is 6.04 Å². The molecule has 1 N–H and O–H groups in total. The average Bonchev–Trinajstić information content (AvgIpc) is 2.45. The summed E-state index contributed by atoms with van der Waals surface area (Å²) in [6.07, 6.45) is 0.901. The van der Waals surface area contributed by atoms with Crippen LogP contribution in [-0.2, 0) is 0 Å². The van der Waals surface area contributed by atoms with Crippen LogP contribution in [0.1, 0.15) is 30.5 Å². The maximum Gasteiger partial charge on any atom is 0.101 e. The highest BCUT2D eigenvalue weighted by Crippen LogP contribution is 2.28. The number of benzene rings is 2. The monoisotopic (exact) mass is 348 g/mol. The predicted molar refractivity (Wildman–Crippen MR) is 87.0 cm³/mol. The van der Waals surface area contributed by atoms with Crippen molar-refractivity contribution in [2.75, 3.05) is 5.32 Å². The summed E-state index contributed by atoms with van der Waals surface area (Å²) in [6, 6.07) is 15.7. The molecule has 0 aliphatic rings. The fourth-order valence-electron chi connectivity index (χ4n) is 2.07. The molecule has 1 unspecified atom stereocenters. The molecular weight excluding hydrogens is 336 g/mol. The number of anilines is 1. The van der Waals surface area contributed by atoms with Crippen LogP contribution in [0, 0.1) is 11.3 Å². The van der Waals surface area contributed by atoms with Crippen molar-refractivity contribution >= 4 is 33.2 Å². The molecule has 0 bridgehead atoms. The van der Waals surface area contributed by atoms with E-state index in [1.807, 2.05) is 36.4 Å². The predicted octanol–water partition coefficient (Wildman–Crippen LogP) is 5.54. The van der Waals surface area contributed by atoms with E-state index in [2.05, 4.69) is 34.2 Å². The van der Waals surface area contributed by atoms with Gasteiger partial charge in [0.25, 0.3) is 0 Å². The summed E-state index contributed by atoms with van der Waals surface area (Å²) < 4.78 is 0.944. The van der Waals surface area contributed by atoms with Crippen LogP contribution < -0.4 is 5.32 Å². The molecule has 0 heterocycles. The molecule has 0 spiro atoms. The Hall–Kier alpha value is -1.50. The number of halogens is 2. The zero-order valence-corrected chi connectivity index (χ0v) is 13.4. The van der Waals surface area contributed by atoms with Gasteiger partial charge in [-0.1, -0.05) is 46.6 Å². The lowest BCUT2D eigenvalue weighted by atomic mass is 10.0. The zero-order chi connectivity index (χ0) is 14.5. The Balaban J connectivity index is 2.31. The first-order chi connectivity index (χ1) is 9.63. The number of nitrogens with zero attached hydrogens (tertiary/aromatic N) is 1. The highest BCUT2D eigenvalue weighted by molar-refractivity contribution is 9.10. The highest BCUT2D eigenvalue weighted by atomic mass is 79.9. The fourth-order valence-corrected chi connectivity index (χ4v) is 2.63. The third kappa shape index (κ3) is 3.53. The van der Waals surface area contributed by atoms with Crippen LogP contribution in [0.5, 0.6) is 0 Å². The molecule has 0 amide bonds.